The second-order valence-electron chi connectivity index (χ2n) is 11.7. The van der Waals surface area contributed by atoms with Gasteiger partial charge < -0.3 is 52.2 Å². The minimum Gasteiger partial charge on any atom is -1.00 e. The fourth-order valence-electron chi connectivity index (χ4n) is 7.13. The third kappa shape index (κ3) is 6.53. The van der Waals surface area contributed by atoms with Crippen molar-refractivity contribution in [1.29, 1.82) is 0 Å². The van der Waals surface area contributed by atoms with Crippen LogP contribution in [0.1, 0.15) is 46.5 Å². The van der Waals surface area contributed by atoms with Crippen molar-refractivity contribution in [2.75, 3.05) is 47.4 Å². The Hall–Kier alpha value is -2.40. The Morgan fingerprint density at radius 1 is 1.02 bits per heavy atom. The zero-order valence-corrected chi connectivity index (χ0v) is 27.8. The number of likely N-dealkylation sites (tertiary alicyclic amines) is 1. The van der Waals surface area contributed by atoms with Gasteiger partial charge in [-0.2, -0.15) is 0 Å². The van der Waals surface area contributed by atoms with Crippen molar-refractivity contribution in [3.8, 4) is 0 Å². The van der Waals surface area contributed by atoms with Gasteiger partial charge in [-0.15, -0.1) is 4.98 Å². The van der Waals surface area contributed by atoms with Gasteiger partial charge in [-0.05, 0) is 41.2 Å². The van der Waals surface area contributed by atoms with Crippen molar-refractivity contribution >= 4 is 28.5 Å². The number of ether oxygens (including phenoxy) is 1. The molecule has 0 saturated carbocycles. The molecule has 8 nitrogen and oxygen atoms in total. The highest BCUT2D eigenvalue weighted by molar-refractivity contribution is 7.14. The van der Waals surface area contributed by atoms with Crippen LogP contribution in [0, 0.1) is 5.92 Å². The summed E-state index contributed by atoms with van der Waals surface area (Å²) in [5.41, 5.74) is 3.12. The minimum atomic E-state index is -0.453. The lowest BCUT2D eigenvalue weighted by Crippen LogP contribution is -3.01. The number of hydrogen-bond donors (Lipinski definition) is 2. The molecule has 234 valence electrons. The Bertz CT molecular complexity index is 1380. The van der Waals surface area contributed by atoms with Crippen LogP contribution >= 0.6 is 11.3 Å². The van der Waals surface area contributed by atoms with Crippen LogP contribution in [0.5, 0.6) is 0 Å². The van der Waals surface area contributed by atoms with Crippen LogP contribution in [0.25, 0.3) is 0 Å². The largest absolute Gasteiger partial charge is 1.00 e. The lowest BCUT2D eigenvalue weighted by molar-refractivity contribution is -0.823. The number of carbonyl (C=O) groups excluding carboxylic acids is 2. The molecule has 1 aromatic heterocycles. The van der Waals surface area contributed by atoms with Gasteiger partial charge in [0.2, 0.25) is 11.6 Å². The molecule has 2 amide bonds. The Morgan fingerprint density at radius 3 is 2.30 bits per heavy atom. The van der Waals surface area contributed by atoms with E-state index in [2.05, 4.69) is 83.9 Å². The molecular weight excluding hydrogens is 629 g/mol. The molecule has 12 heteroatoms. The van der Waals surface area contributed by atoms with Crippen molar-refractivity contribution in [3.63, 3.8) is 0 Å². The first kappa shape index (κ1) is 35.1. The van der Waals surface area contributed by atoms with E-state index in [9.17, 15) is 9.59 Å². The van der Waals surface area contributed by atoms with Crippen molar-refractivity contribution in [2.24, 2.45) is 5.92 Å². The van der Waals surface area contributed by atoms with Crippen LogP contribution in [-0.2, 0) is 21.5 Å². The fraction of sp³-hybridized carbons (Fsp3) is 0.452. The molecule has 43 heavy (non-hydrogen) atoms. The molecule has 4 atom stereocenters. The number of rotatable bonds is 4. The summed E-state index contributed by atoms with van der Waals surface area (Å²) in [5, 5.41) is 3.38. The van der Waals surface area contributed by atoms with E-state index in [-0.39, 0.29) is 61.2 Å². The number of hydrogen-bond acceptors (Lipinski definition) is 4. The first-order chi connectivity index (χ1) is 19.4. The number of thiazole rings is 1. The van der Waals surface area contributed by atoms with Gasteiger partial charge in [0.05, 0.1) is 45.8 Å². The van der Waals surface area contributed by atoms with Gasteiger partial charge in [-0.25, -0.2) is 9.69 Å². The minimum absolute atomic E-state index is 0. The predicted octanol–water partition coefficient (Wildman–Crippen LogP) is -7.49. The zero-order valence-electron chi connectivity index (χ0n) is 24.7. The highest BCUT2D eigenvalue weighted by atomic mass is 35.5. The normalized spacial score (nSPS) is 24.4. The predicted molar refractivity (Wildman–Crippen MR) is 152 cm³/mol. The van der Waals surface area contributed by atoms with Gasteiger partial charge in [0.1, 0.15) is 17.3 Å². The number of amides is 2. The molecule has 0 radical (unpaired) electrons. The first-order valence-corrected chi connectivity index (χ1v) is 15.1. The maximum atomic E-state index is 14.8. The van der Waals surface area contributed by atoms with Crippen LogP contribution in [-0.4, -0.2) is 69.2 Å². The maximum absolute atomic E-state index is 14.8. The van der Waals surface area contributed by atoms with E-state index in [1.165, 1.54) is 28.0 Å². The molecule has 3 aliphatic rings. The quantitative estimate of drug-likeness (QED) is 0.290. The molecule has 6 rings (SSSR count). The summed E-state index contributed by atoms with van der Waals surface area (Å²) < 4.78 is 5.17. The van der Waals surface area contributed by atoms with Gasteiger partial charge in [-0.3, -0.25) is 9.69 Å². The number of nitrogens with one attached hydrogen (secondary N) is 2. The highest BCUT2D eigenvalue weighted by Crippen LogP contribution is 2.46. The number of quaternary nitrogens is 2. The molecule has 3 aliphatic heterocycles. The lowest BCUT2D eigenvalue weighted by Gasteiger charge is -2.44. The standard InChI is InChI=1S/C31H37N5O3S.3ClH/c1-34(2)29-33-25-18-35(30(38)39-3)20-31(27(25)40-29)19-32-17-24(31)28(37)36-15-14-23(21-10-6-4-7-11-21)16-26(36)22-12-8-5-9-13-22;;;/h4-13,23-24,26,32H,14-20H2,1-3H3;3*1H/t23-,24+,26+,31+;;;/m1.../s1. The summed E-state index contributed by atoms with van der Waals surface area (Å²) in [4.78, 5) is 37.5. The second kappa shape index (κ2) is 14.6. The lowest BCUT2D eigenvalue weighted by atomic mass is 9.72. The van der Waals surface area contributed by atoms with Gasteiger partial charge in [0.15, 0.2) is 0 Å². The average molecular weight is 669 g/mol. The van der Waals surface area contributed by atoms with Crippen LogP contribution in [0.15, 0.2) is 60.7 Å². The van der Waals surface area contributed by atoms with E-state index in [1.54, 1.807) is 16.2 Å². The smallest absolute Gasteiger partial charge is 0.426 e. The summed E-state index contributed by atoms with van der Waals surface area (Å²) in [6.45, 7) is 3.18. The SMILES string of the molecule is COC(=O)N1Cc2[nH+]c([NH+](C)C)sc2[C@@]2(C[NH2+]C[C@H]2C(=O)N2CC[C@@H](c3ccccc3)C[C@H]2c2ccccc2)C1.[Cl-].[Cl-].[Cl-]. The topological polar surface area (TPSA) is 85.0 Å². The summed E-state index contributed by atoms with van der Waals surface area (Å²) >= 11 is 1.76. The number of carbonyl (C=O) groups is 2. The van der Waals surface area contributed by atoms with Crippen molar-refractivity contribution < 1.29 is 66.7 Å². The van der Waals surface area contributed by atoms with Crippen molar-refractivity contribution in [1.82, 2.24) is 9.80 Å². The molecular formula is C31H40Cl3N5O3S. The van der Waals surface area contributed by atoms with E-state index < -0.39 is 5.41 Å². The molecule has 4 heterocycles. The molecule has 3 aromatic rings. The number of nitrogens with two attached hydrogens (primary N) is 1. The number of piperidine rings is 1. The van der Waals surface area contributed by atoms with E-state index in [0.717, 1.165) is 43.3 Å². The van der Waals surface area contributed by atoms with Crippen LogP contribution in [0.4, 0.5) is 9.93 Å². The summed E-state index contributed by atoms with van der Waals surface area (Å²) in [6.07, 6.45) is 1.51. The Balaban J connectivity index is 0.00000169. The molecule has 0 unspecified atom stereocenters. The van der Waals surface area contributed by atoms with Crippen molar-refractivity contribution in [3.05, 3.63) is 82.4 Å². The van der Waals surface area contributed by atoms with Gasteiger partial charge >= 0.3 is 11.2 Å². The molecule has 2 saturated heterocycles. The Labute approximate surface area is 276 Å². The van der Waals surface area contributed by atoms with Crippen LogP contribution in [0.3, 0.4) is 0 Å². The number of benzene rings is 2. The average Bonchev–Trinajstić information content (AvgIpc) is 3.62. The number of fused-ring (bicyclic) bond motifs is 2. The summed E-state index contributed by atoms with van der Waals surface area (Å²) in [7, 11) is 5.63. The number of aromatic nitrogens is 1. The molecule has 0 bridgehead atoms. The highest BCUT2D eigenvalue weighted by Gasteiger charge is 2.60. The van der Waals surface area contributed by atoms with E-state index in [0.29, 0.717) is 19.0 Å². The monoisotopic (exact) mass is 667 g/mol. The van der Waals surface area contributed by atoms with Gasteiger partial charge in [0.25, 0.3) is 0 Å². The third-order valence-electron chi connectivity index (χ3n) is 9.12. The first-order valence-electron chi connectivity index (χ1n) is 14.3. The molecule has 0 aliphatic carbocycles. The van der Waals surface area contributed by atoms with Crippen molar-refractivity contribution in [2.45, 2.75) is 36.8 Å². The van der Waals surface area contributed by atoms with Gasteiger partial charge in [0, 0.05) is 13.1 Å². The summed E-state index contributed by atoms with van der Waals surface area (Å²) in [6, 6.07) is 21.2. The molecule has 2 aromatic carbocycles. The Kier molecular flexibility index (Phi) is 11.9. The second-order valence-corrected chi connectivity index (χ2v) is 12.7. The number of H-pyrrole nitrogens is 1. The zero-order chi connectivity index (χ0) is 27.9. The van der Waals surface area contributed by atoms with E-state index in [1.807, 2.05) is 6.07 Å². The third-order valence-corrected chi connectivity index (χ3v) is 10.7. The number of aromatic amines is 1. The fourth-order valence-corrected chi connectivity index (χ4v) is 8.44. The molecule has 4 N–H and O–H groups in total. The van der Waals surface area contributed by atoms with Gasteiger partial charge in [-0.1, -0.05) is 60.7 Å². The molecule has 2 fully saturated rings. The molecule has 1 spiro atoms. The van der Waals surface area contributed by atoms with Crippen LogP contribution in [0.2, 0.25) is 0 Å². The van der Waals surface area contributed by atoms with E-state index in [4.69, 9.17) is 4.74 Å². The Morgan fingerprint density at radius 2 is 1.67 bits per heavy atom. The number of nitrogens with zero attached hydrogens (tertiary/aromatic N) is 2. The number of halogens is 3. The summed E-state index contributed by atoms with van der Waals surface area (Å²) in [5.74, 6) is 0.391. The maximum Gasteiger partial charge on any atom is 0.426 e. The van der Waals surface area contributed by atoms with E-state index >= 15 is 0 Å². The number of methoxy groups -OCH3 is 1. The van der Waals surface area contributed by atoms with Crippen LogP contribution < -0.4 is 52.4 Å².